The van der Waals surface area contributed by atoms with Crippen LogP contribution in [0.3, 0.4) is 0 Å². The van der Waals surface area contributed by atoms with Crippen molar-refractivity contribution in [2.75, 3.05) is 12.1 Å². The molecule has 0 spiro atoms. The number of aromatic nitrogens is 2. The third kappa shape index (κ3) is 1.47. The molecule has 0 amide bonds. The lowest BCUT2D eigenvalue weighted by Crippen LogP contribution is -2.08. The molecule has 2 N–H and O–H groups in total. The molecule has 4 nitrogen and oxygen atoms in total. The molecule has 0 radical (unpaired) electrons. The van der Waals surface area contributed by atoms with Gasteiger partial charge in [0.2, 0.25) is 5.13 Å². The molecule has 0 fully saturated rings. The molecule has 9 heavy (non-hydrogen) atoms. The molecule has 50 valence electrons. The summed E-state index contributed by atoms with van der Waals surface area (Å²) in [5.74, 6) is 0. The summed E-state index contributed by atoms with van der Waals surface area (Å²) in [7, 11) is 1.49. The summed E-state index contributed by atoms with van der Waals surface area (Å²) in [5, 5.41) is 16.4. The van der Waals surface area contributed by atoms with Gasteiger partial charge in [0.1, 0.15) is 0 Å². The molecule has 0 saturated carbocycles. The fraction of sp³-hybridized carbons (Fsp3) is 0.333. The number of rotatable bonds is 1. The van der Waals surface area contributed by atoms with Gasteiger partial charge < -0.3 is 0 Å². The van der Waals surface area contributed by atoms with Gasteiger partial charge in [0.25, 0.3) is 0 Å². The van der Waals surface area contributed by atoms with Crippen molar-refractivity contribution >= 4 is 28.7 Å². The van der Waals surface area contributed by atoms with Crippen LogP contribution in [0.4, 0.5) is 5.13 Å². The first-order valence-electron chi connectivity index (χ1n) is 2.18. The van der Waals surface area contributed by atoms with Crippen molar-refractivity contribution in [3.63, 3.8) is 0 Å². The number of hydrogen-bond donors (Lipinski definition) is 2. The number of hydrogen-bond acceptors (Lipinski definition) is 5. The monoisotopic (exact) mass is 163 g/mol. The Kier molecular flexibility index (Phi) is 1.79. The molecule has 0 bridgehead atoms. The summed E-state index contributed by atoms with van der Waals surface area (Å²) in [5.41, 5.74) is 0. The number of nitrogens with zero attached hydrogens (tertiary/aromatic N) is 2. The van der Waals surface area contributed by atoms with Gasteiger partial charge in [-0.25, -0.2) is 5.06 Å². The molecule has 0 aliphatic heterocycles. The minimum Gasteiger partial charge on any atom is -0.287 e. The highest BCUT2D eigenvalue weighted by atomic mass is 32.1. The van der Waals surface area contributed by atoms with E-state index in [0.717, 1.165) is 5.06 Å². The first kappa shape index (κ1) is 6.66. The second kappa shape index (κ2) is 2.42. The van der Waals surface area contributed by atoms with E-state index in [2.05, 4.69) is 10.2 Å². The zero-order valence-corrected chi connectivity index (χ0v) is 6.29. The van der Waals surface area contributed by atoms with E-state index in [1.807, 2.05) is 0 Å². The smallest absolute Gasteiger partial charge is 0.230 e. The van der Waals surface area contributed by atoms with Crippen LogP contribution in [-0.2, 0) is 0 Å². The molecule has 1 aromatic rings. The van der Waals surface area contributed by atoms with E-state index in [9.17, 15) is 0 Å². The second-order valence-corrected chi connectivity index (χ2v) is 3.06. The number of H-pyrrole nitrogens is 1. The predicted molar refractivity (Wildman–Crippen MR) is 37.5 cm³/mol. The Balaban J connectivity index is 2.98. The molecule has 1 rings (SSSR count). The standard InChI is InChI=1S/C3H5N3OS2/c1-6(7)2-4-5-3(8)9-2/h7H,1H3,(H,5,8). The molecular weight excluding hydrogens is 158 g/mol. The maximum atomic E-state index is 8.75. The Hall–Kier alpha value is -0.460. The van der Waals surface area contributed by atoms with Crippen LogP contribution in [0.25, 0.3) is 0 Å². The third-order valence-corrected chi connectivity index (χ3v) is 1.86. The fourth-order valence-electron chi connectivity index (χ4n) is 0.360. The van der Waals surface area contributed by atoms with Crippen molar-refractivity contribution in [1.29, 1.82) is 0 Å². The van der Waals surface area contributed by atoms with Gasteiger partial charge in [-0.15, -0.1) is 5.10 Å². The van der Waals surface area contributed by atoms with Crippen LogP contribution < -0.4 is 5.06 Å². The van der Waals surface area contributed by atoms with Crippen molar-refractivity contribution in [3.8, 4) is 0 Å². The summed E-state index contributed by atoms with van der Waals surface area (Å²) < 4.78 is 0.561. The van der Waals surface area contributed by atoms with Gasteiger partial charge >= 0.3 is 0 Å². The molecule has 0 atom stereocenters. The Bertz CT molecular complexity index is 239. The van der Waals surface area contributed by atoms with Crippen LogP contribution in [0.1, 0.15) is 0 Å². The molecule has 0 aliphatic carbocycles. The average Bonchev–Trinajstić information content (AvgIpc) is 2.14. The van der Waals surface area contributed by atoms with Crippen LogP contribution in [0, 0.1) is 3.95 Å². The highest BCUT2D eigenvalue weighted by molar-refractivity contribution is 7.73. The molecule has 0 unspecified atom stereocenters. The largest absolute Gasteiger partial charge is 0.287 e. The van der Waals surface area contributed by atoms with Crippen LogP contribution in [0.15, 0.2) is 0 Å². The van der Waals surface area contributed by atoms with Gasteiger partial charge in [-0.2, -0.15) is 0 Å². The first-order valence-corrected chi connectivity index (χ1v) is 3.41. The number of nitrogens with one attached hydrogen (secondary N) is 1. The van der Waals surface area contributed by atoms with Crippen LogP contribution in [-0.4, -0.2) is 22.5 Å². The number of aromatic amines is 1. The Morgan fingerprint density at radius 3 is 2.78 bits per heavy atom. The van der Waals surface area contributed by atoms with E-state index in [1.54, 1.807) is 0 Å². The first-order chi connectivity index (χ1) is 4.20. The van der Waals surface area contributed by atoms with E-state index in [4.69, 9.17) is 17.4 Å². The highest BCUT2D eigenvalue weighted by Crippen LogP contribution is 2.12. The van der Waals surface area contributed by atoms with E-state index >= 15 is 0 Å². The summed E-state index contributed by atoms with van der Waals surface area (Å²) in [6.45, 7) is 0. The van der Waals surface area contributed by atoms with Gasteiger partial charge in [0, 0.05) is 7.05 Å². The van der Waals surface area contributed by atoms with Gasteiger partial charge in [-0.3, -0.25) is 10.3 Å². The quantitative estimate of drug-likeness (QED) is 0.479. The second-order valence-electron chi connectivity index (χ2n) is 1.42. The summed E-state index contributed by atoms with van der Waals surface area (Å²) in [6, 6.07) is 0. The minimum absolute atomic E-state index is 0.472. The van der Waals surface area contributed by atoms with E-state index in [1.165, 1.54) is 18.4 Å². The van der Waals surface area contributed by atoms with E-state index < -0.39 is 0 Å². The van der Waals surface area contributed by atoms with Crippen molar-refractivity contribution < 1.29 is 5.21 Å². The van der Waals surface area contributed by atoms with Crippen LogP contribution >= 0.6 is 23.6 Å². The molecule has 0 aliphatic rings. The van der Waals surface area contributed by atoms with Gasteiger partial charge in [0.15, 0.2) is 3.95 Å². The summed E-state index contributed by atoms with van der Waals surface area (Å²) in [6.07, 6.45) is 0. The van der Waals surface area contributed by atoms with Crippen molar-refractivity contribution in [2.24, 2.45) is 0 Å². The average molecular weight is 163 g/mol. The lowest BCUT2D eigenvalue weighted by atomic mass is 11.1. The molecule has 6 heteroatoms. The molecule has 0 saturated heterocycles. The summed E-state index contributed by atoms with van der Waals surface area (Å²) >= 11 is 5.93. The maximum absolute atomic E-state index is 8.75. The third-order valence-electron chi connectivity index (χ3n) is 0.704. The predicted octanol–water partition coefficient (Wildman–Crippen LogP) is 1.03. The zero-order chi connectivity index (χ0) is 6.85. The molecule has 0 aromatic carbocycles. The van der Waals surface area contributed by atoms with Crippen molar-refractivity contribution in [2.45, 2.75) is 0 Å². The summed E-state index contributed by atoms with van der Waals surface area (Å²) in [4.78, 5) is 0. The van der Waals surface area contributed by atoms with Gasteiger partial charge in [-0.1, -0.05) is 11.3 Å². The topological polar surface area (TPSA) is 52.1 Å². The fourth-order valence-corrected chi connectivity index (χ4v) is 1.11. The van der Waals surface area contributed by atoms with E-state index in [0.29, 0.717) is 9.09 Å². The van der Waals surface area contributed by atoms with Crippen molar-refractivity contribution in [1.82, 2.24) is 10.2 Å². The van der Waals surface area contributed by atoms with Gasteiger partial charge in [0.05, 0.1) is 0 Å². The zero-order valence-electron chi connectivity index (χ0n) is 4.66. The van der Waals surface area contributed by atoms with Gasteiger partial charge in [-0.05, 0) is 12.2 Å². The Morgan fingerprint density at radius 2 is 2.56 bits per heavy atom. The highest BCUT2D eigenvalue weighted by Gasteiger charge is 1.98. The SMILES string of the molecule is CN(O)c1n[nH]c(=S)s1. The number of anilines is 1. The Morgan fingerprint density at radius 1 is 1.89 bits per heavy atom. The van der Waals surface area contributed by atoms with Crippen LogP contribution in [0.2, 0.25) is 0 Å². The maximum Gasteiger partial charge on any atom is 0.230 e. The number of hydroxylamine groups is 1. The molecule has 1 aromatic heterocycles. The van der Waals surface area contributed by atoms with Crippen LogP contribution in [0.5, 0.6) is 0 Å². The lowest BCUT2D eigenvalue weighted by molar-refractivity contribution is 0.278. The normalized spacial score (nSPS) is 9.56. The Labute approximate surface area is 60.7 Å². The molecular formula is C3H5N3OS2. The molecule has 1 heterocycles. The van der Waals surface area contributed by atoms with E-state index in [-0.39, 0.29) is 0 Å². The minimum atomic E-state index is 0.472. The lowest BCUT2D eigenvalue weighted by Gasteiger charge is -2.00. The van der Waals surface area contributed by atoms with Crippen molar-refractivity contribution in [3.05, 3.63) is 3.95 Å².